The third-order valence-corrected chi connectivity index (χ3v) is 4.27. The number of hydrogen-bond acceptors (Lipinski definition) is 2. The average Bonchev–Trinajstić information content (AvgIpc) is 2.42. The first kappa shape index (κ1) is 15.9. The molecular formula is C14H16Cl2N2O3. The standard InChI is InChI=1S/C14H16Cl2N2O3/c1-8-4-3-7-18(12(8)13(19)20)14(21)17-11-9(15)5-2-6-10(11)16/h2,5-6,8,12H,3-4,7H2,1H3,(H,17,21)(H,19,20). The van der Waals surface area contributed by atoms with Crippen molar-refractivity contribution >= 4 is 40.9 Å². The summed E-state index contributed by atoms with van der Waals surface area (Å²) in [5.74, 6) is -1.09. The first-order valence-corrected chi connectivity index (χ1v) is 7.42. The minimum atomic E-state index is -0.998. The summed E-state index contributed by atoms with van der Waals surface area (Å²) in [4.78, 5) is 25.1. The molecule has 1 aromatic carbocycles. The highest BCUT2D eigenvalue weighted by Gasteiger charge is 2.37. The van der Waals surface area contributed by atoms with Crippen molar-refractivity contribution in [2.45, 2.75) is 25.8 Å². The molecule has 1 aliphatic rings. The molecule has 5 nitrogen and oxygen atoms in total. The van der Waals surface area contributed by atoms with E-state index in [1.165, 1.54) is 4.90 Å². The molecule has 1 aromatic rings. The summed E-state index contributed by atoms with van der Waals surface area (Å²) in [6.07, 6.45) is 1.56. The van der Waals surface area contributed by atoms with E-state index in [4.69, 9.17) is 23.2 Å². The van der Waals surface area contributed by atoms with Gasteiger partial charge in [0.25, 0.3) is 0 Å². The summed E-state index contributed by atoms with van der Waals surface area (Å²) in [6, 6.07) is 3.56. The van der Waals surface area contributed by atoms with Crippen LogP contribution in [-0.4, -0.2) is 34.6 Å². The van der Waals surface area contributed by atoms with E-state index < -0.39 is 18.0 Å². The Morgan fingerprint density at radius 1 is 1.33 bits per heavy atom. The van der Waals surface area contributed by atoms with Gasteiger partial charge >= 0.3 is 12.0 Å². The number of nitrogens with one attached hydrogen (secondary N) is 1. The Bertz CT molecular complexity index is 545. The maximum absolute atomic E-state index is 12.4. The van der Waals surface area contributed by atoms with Gasteiger partial charge < -0.3 is 15.3 Å². The molecule has 0 bridgehead atoms. The number of nitrogens with zero attached hydrogens (tertiary/aromatic N) is 1. The minimum absolute atomic E-state index is 0.0938. The number of carboxylic acids is 1. The molecule has 7 heteroatoms. The van der Waals surface area contributed by atoms with Gasteiger partial charge in [0.2, 0.25) is 0 Å². The average molecular weight is 331 g/mol. The summed E-state index contributed by atoms with van der Waals surface area (Å²) in [5.41, 5.74) is 0.299. The number of carbonyl (C=O) groups is 2. The SMILES string of the molecule is CC1CCCN(C(=O)Nc2c(Cl)cccc2Cl)C1C(=O)O. The predicted molar refractivity (Wildman–Crippen MR) is 82.0 cm³/mol. The molecule has 0 aromatic heterocycles. The zero-order valence-electron chi connectivity index (χ0n) is 11.5. The number of urea groups is 1. The van der Waals surface area contributed by atoms with E-state index in [0.717, 1.165) is 12.8 Å². The van der Waals surface area contributed by atoms with Gasteiger partial charge in [0.05, 0.1) is 15.7 Å². The van der Waals surface area contributed by atoms with Crippen molar-refractivity contribution in [3.8, 4) is 0 Å². The fourth-order valence-electron chi connectivity index (χ4n) is 2.59. The van der Waals surface area contributed by atoms with Crippen LogP contribution in [0.4, 0.5) is 10.5 Å². The first-order chi connectivity index (χ1) is 9.91. The minimum Gasteiger partial charge on any atom is -0.480 e. The number of piperidine rings is 1. The smallest absolute Gasteiger partial charge is 0.326 e. The number of carboxylic acid groups (broad SMARTS) is 1. The molecule has 1 saturated heterocycles. The Kier molecular flexibility index (Phi) is 4.96. The van der Waals surface area contributed by atoms with E-state index in [1.807, 2.05) is 6.92 Å². The molecular weight excluding hydrogens is 315 g/mol. The third-order valence-electron chi connectivity index (χ3n) is 3.64. The Morgan fingerprint density at radius 3 is 2.52 bits per heavy atom. The molecule has 1 aliphatic heterocycles. The van der Waals surface area contributed by atoms with Crippen molar-refractivity contribution in [1.29, 1.82) is 0 Å². The highest BCUT2D eigenvalue weighted by Crippen LogP contribution is 2.31. The van der Waals surface area contributed by atoms with E-state index in [9.17, 15) is 14.7 Å². The van der Waals surface area contributed by atoms with Crippen LogP contribution in [-0.2, 0) is 4.79 Å². The van der Waals surface area contributed by atoms with Crippen LogP contribution in [0.1, 0.15) is 19.8 Å². The normalized spacial score (nSPS) is 22.0. The number of anilines is 1. The quantitative estimate of drug-likeness (QED) is 0.868. The highest BCUT2D eigenvalue weighted by atomic mass is 35.5. The molecule has 0 saturated carbocycles. The zero-order valence-corrected chi connectivity index (χ0v) is 13.0. The number of carbonyl (C=O) groups excluding carboxylic acids is 1. The summed E-state index contributed by atoms with van der Waals surface area (Å²) in [5, 5.41) is 12.6. The largest absolute Gasteiger partial charge is 0.480 e. The summed E-state index contributed by atoms with van der Waals surface area (Å²) in [6.45, 7) is 2.23. The fourth-order valence-corrected chi connectivity index (χ4v) is 3.08. The number of para-hydroxylation sites is 1. The first-order valence-electron chi connectivity index (χ1n) is 6.66. The lowest BCUT2D eigenvalue weighted by molar-refractivity contribution is -0.145. The number of amides is 2. The fraction of sp³-hybridized carbons (Fsp3) is 0.429. The number of hydrogen-bond donors (Lipinski definition) is 2. The lowest BCUT2D eigenvalue weighted by Gasteiger charge is -2.37. The van der Waals surface area contributed by atoms with Gasteiger partial charge in [0.1, 0.15) is 6.04 Å². The van der Waals surface area contributed by atoms with E-state index in [1.54, 1.807) is 18.2 Å². The van der Waals surface area contributed by atoms with Crippen LogP contribution in [0.25, 0.3) is 0 Å². The molecule has 114 valence electrons. The van der Waals surface area contributed by atoms with E-state index >= 15 is 0 Å². The van der Waals surface area contributed by atoms with Crippen molar-refractivity contribution < 1.29 is 14.7 Å². The van der Waals surface area contributed by atoms with Crippen molar-refractivity contribution in [3.05, 3.63) is 28.2 Å². The lowest BCUT2D eigenvalue weighted by Crippen LogP contribution is -2.53. The van der Waals surface area contributed by atoms with E-state index in [0.29, 0.717) is 22.3 Å². The van der Waals surface area contributed by atoms with Gasteiger partial charge in [-0.2, -0.15) is 0 Å². The van der Waals surface area contributed by atoms with Crippen LogP contribution in [0.3, 0.4) is 0 Å². The molecule has 2 unspecified atom stereocenters. The molecule has 21 heavy (non-hydrogen) atoms. The van der Waals surface area contributed by atoms with Gasteiger partial charge in [0.15, 0.2) is 0 Å². The van der Waals surface area contributed by atoms with E-state index in [2.05, 4.69) is 5.32 Å². The number of halogens is 2. The Balaban J connectivity index is 2.20. The summed E-state index contributed by atoms with van der Waals surface area (Å²) < 4.78 is 0. The van der Waals surface area contributed by atoms with Gasteiger partial charge in [0, 0.05) is 6.54 Å². The molecule has 0 spiro atoms. The predicted octanol–water partition coefficient (Wildman–Crippen LogP) is 3.71. The van der Waals surface area contributed by atoms with Crippen LogP contribution < -0.4 is 5.32 Å². The number of rotatable bonds is 2. The van der Waals surface area contributed by atoms with Crippen LogP contribution >= 0.6 is 23.2 Å². The van der Waals surface area contributed by atoms with Gasteiger partial charge in [-0.1, -0.05) is 36.2 Å². The second-order valence-corrected chi connectivity index (χ2v) is 5.94. The van der Waals surface area contributed by atoms with E-state index in [-0.39, 0.29) is 5.92 Å². The monoisotopic (exact) mass is 330 g/mol. The Labute approximate surface area is 132 Å². The summed E-state index contributed by atoms with van der Waals surface area (Å²) >= 11 is 12.0. The third kappa shape index (κ3) is 3.41. The van der Waals surface area contributed by atoms with Crippen molar-refractivity contribution in [2.75, 3.05) is 11.9 Å². The van der Waals surface area contributed by atoms with Crippen LogP contribution in [0.15, 0.2) is 18.2 Å². The lowest BCUT2D eigenvalue weighted by atomic mass is 9.91. The molecule has 1 fully saturated rings. The summed E-state index contributed by atoms with van der Waals surface area (Å²) in [7, 11) is 0. The molecule has 2 atom stereocenters. The van der Waals surface area contributed by atoms with Crippen molar-refractivity contribution in [3.63, 3.8) is 0 Å². The van der Waals surface area contributed by atoms with Crippen molar-refractivity contribution in [2.24, 2.45) is 5.92 Å². The number of benzene rings is 1. The number of aliphatic carboxylic acids is 1. The van der Waals surface area contributed by atoms with Gasteiger partial charge in [-0.3, -0.25) is 0 Å². The maximum Gasteiger partial charge on any atom is 0.326 e. The van der Waals surface area contributed by atoms with Crippen LogP contribution in [0, 0.1) is 5.92 Å². The van der Waals surface area contributed by atoms with Crippen molar-refractivity contribution in [1.82, 2.24) is 4.90 Å². The Morgan fingerprint density at radius 2 is 1.95 bits per heavy atom. The Hall–Kier alpha value is -1.46. The van der Waals surface area contributed by atoms with Crippen LogP contribution in [0.2, 0.25) is 10.0 Å². The zero-order chi connectivity index (χ0) is 15.6. The molecule has 2 N–H and O–H groups in total. The molecule has 1 heterocycles. The van der Waals surface area contributed by atoms with Gasteiger partial charge in [-0.15, -0.1) is 0 Å². The highest BCUT2D eigenvalue weighted by molar-refractivity contribution is 6.39. The maximum atomic E-state index is 12.4. The van der Waals surface area contributed by atoms with Gasteiger partial charge in [-0.05, 0) is 30.9 Å². The second kappa shape index (κ2) is 6.54. The molecule has 0 radical (unpaired) electrons. The van der Waals surface area contributed by atoms with Gasteiger partial charge in [-0.25, -0.2) is 9.59 Å². The van der Waals surface area contributed by atoms with Crippen LogP contribution in [0.5, 0.6) is 0 Å². The molecule has 0 aliphatic carbocycles. The molecule has 2 rings (SSSR count). The number of likely N-dealkylation sites (tertiary alicyclic amines) is 1. The second-order valence-electron chi connectivity index (χ2n) is 5.12. The topological polar surface area (TPSA) is 69.6 Å². The molecule has 2 amide bonds.